The maximum Gasteiger partial charge on any atom is 0.0480 e. The summed E-state index contributed by atoms with van der Waals surface area (Å²) in [7, 11) is 2.07. The minimum Gasteiger partial charge on any atom is -0.351 e. The molecule has 0 saturated heterocycles. The second-order valence-electron chi connectivity index (χ2n) is 3.96. The van der Waals surface area contributed by atoms with Gasteiger partial charge in [0.15, 0.2) is 0 Å². The van der Waals surface area contributed by atoms with Gasteiger partial charge in [-0.2, -0.15) is 0 Å². The van der Waals surface area contributed by atoms with Crippen molar-refractivity contribution in [2.24, 2.45) is 12.8 Å². The van der Waals surface area contributed by atoms with Gasteiger partial charge in [0, 0.05) is 30.2 Å². The van der Waals surface area contributed by atoms with Crippen LogP contribution < -0.4 is 5.73 Å². The number of fused-ring (bicyclic) bond motifs is 1. The van der Waals surface area contributed by atoms with Crippen LogP contribution in [0.2, 0.25) is 0 Å². The number of benzene rings is 1. The summed E-state index contributed by atoms with van der Waals surface area (Å²) in [4.78, 5) is 0. The van der Waals surface area contributed by atoms with E-state index in [1.54, 1.807) is 0 Å². The molecule has 0 aliphatic heterocycles. The molecular weight excluding hydrogens is 172 g/mol. The van der Waals surface area contributed by atoms with Gasteiger partial charge in [0.2, 0.25) is 0 Å². The fraction of sp³-hybridized carbons (Fsp3) is 0.333. The maximum atomic E-state index is 5.82. The third-order valence-corrected chi connectivity index (χ3v) is 2.56. The molecule has 2 aromatic rings. The number of aryl methyl sites for hydroxylation is 1. The molecule has 1 atom stereocenters. The molecule has 2 heteroatoms. The molecule has 0 aliphatic rings. The molecule has 74 valence electrons. The van der Waals surface area contributed by atoms with Gasteiger partial charge in [-0.3, -0.25) is 0 Å². The van der Waals surface area contributed by atoms with Crippen molar-refractivity contribution in [3.05, 3.63) is 36.0 Å². The largest absolute Gasteiger partial charge is 0.351 e. The Kier molecular flexibility index (Phi) is 2.30. The summed E-state index contributed by atoms with van der Waals surface area (Å²) in [6, 6.07) is 8.78. The van der Waals surface area contributed by atoms with Crippen LogP contribution in [-0.4, -0.2) is 10.6 Å². The van der Waals surface area contributed by atoms with Crippen molar-refractivity contribution < 1.29 is 0 Å². The Morgan fingerprint density at radius 1 is 1.36 bits per heavy atom. The van der Waals surface area contributed by atoms with Crippen LogP contribution in [0, 0.1) is 0 Å². The number of hydrogen-bond acceptors (Lipinski definition) is 1. The summed E-state index contributed by atoms with van der Waals surface area (Å²) in [5, 5.41) is 1.33. The van der Waals surface area contributed by atoms with E-state index in [9.17, 15) is 0 Å². The smallest absolute Gasteiger partial charge is 0.0480 e. The zero-order valence-electron chi connectivity index (χ0n) is 8.70. The first-order chi connectivity index (χ1) is 6.68. The SMILES string of the molecule is C[C@H](N)Cc1cccc2c1ccn2C. The van der Waals surface area contributed by atoms with E-state index < -0.39 is 0 Å². The first-order valence-electron chi connectivity index (χ1n) is 4.97. The van der Waals surface area contributed by atoms with Crippen LogP contribution in [0.15, 0.2) is 30.5 Å². The summed E-state index contributed by atoms with van der Waals surface area (Å²) in [6.07, 6.45) is 3.04. The molecule has 0 unspecified atom stereocenters. The number of rotatable bonds is 2. The number of aromatic nitrogens is 1. The third kappa shape index (κ3) is 1.53. The zero-order valence-corrected chi connectivity index (χ0v) is 8.70. The van der Waals surface area contributed by atoms with Crippen LogP contribution in [0.25, 0.3) is 10.9 Å². The van der Waals surface area contributed by atoms with E-state index in [2.05, 4.69) is 42.1 Å². The predicted molar refractivity (Wildman–Crippen MR) is 60.3 cm³/mol. The van der Waals surface area contributed by atoms with Crippen molar-refractivity contribution in [2.45, 2.75) is 19.4 Å². The van der Waals surface area contributed by atoms with Crippen molar-refractivity contribution in [3.63, 3.8) is 0 Å². The quantitative estimate of drug-likeness (QED) is 0.768. The van der Waals surface area contributed by atoms with E-state index >= 15 is 0 Å². The first kappa shape index (κ1) is 9.28. The summed E-state index contributed by atoms with van der Waals surface area (Å²) in [5.74, 6) is 0. The zero-order chi connectivity index (χ0) is 10.1. The lowest BCUT2D eigenvalue weighted by molar-refractivity contribution is 0.741. The maximum absolute atomic E-state index is 5.82. The summed E-state index contributed by atoms with van der Waals surface area (Å²) in [5.41, 5.74) is 8.44. The van der Waals surface area contributed by atoms with Crippen LogP contribution in [0.3, 0.4) is 0 Å². The predicted octanol–water partition coefficient (Wildman–Crippen LogP) is 2.07. The van der Waals surface area contributed by atoms with Crippen LogP contribution >= 0.6 is 0 Å². The monoisotopic (exact) mass is 188 g/mol. The van der Waals surface area contributed by atoms with Crippen LogP contribution in [0.5, 0.6) is 0 Å². The van der Waals surface area contributed by atoms with Gasteiger partial charge in [-0.15, -0.1) is 0 Å². The van der Waals surface area contributed by atoms with E-state index in [0.29, 0.717) is 0 Å². The Bertz CT molecular complexity index is 441. The molecule has 1 heterocycles. The Labute approximate surface area is 84.3 Å². The van der Waals surface area contributed by atoms with Crippen molar-refractivity contribution in [1.82, 2.24) is 4.57 Å². The summed E-state index contributed by atoms with van der Waals surface area (Å²) >= 11 is 0. The van der Waals surface area contributed by atoms with Crippen LogP contribution in [-0.2, 0) is 13.5 Å². The fourth-order valence-corrected chi connectivity index (χ4v) is 1.89. The highest BCUT2D eigenvalue weighted by Gasteiger charge is 2.04. The Morgan fingerprint density at radius 2 is 2.14 bits per heavy atom. The Hall–Kier alpha value is -1.28. The highest BCUT2D eigenvalue weighted by molar-refractivity contribution is 5.83. The van der Waals surface area contributed by atoms with E-state index in [1.165, 1.54) is 16.5 Å². The van der Waals surface area contributed by atoms with Crippen molar-refractivity contribution in [2.75, 3.05) is 0 Å². The molecule has 0 bridgehead atoms. The molecule has 0 fully saturated rings. The van der Waals surface area contributed by atoms with E-state index in [4.69, 9.17) is 5.73 Å². The van der Waals surface area contributed by atoms with Gasteiger partial charge in [-0.05, 0) is 31.0 Å². The first-order valence-corrected chi connectivity index (χ1v) is 4.97. The second kappa shape index (κ2) is 3.46. The van der Waals surface area contributed by atoms with Gasteiger partial charge >= 0.3 is 0 Å². The van der Waals surface area contributed by atoms with Crippen LogP contribution in [0.1, 0.15) is 12.5 Å². The molecular formula is C12H16N2. The molecule has 0 spiro atoms. The summed E-state index contributed by atoms with van der Waals surface area (Å²) < 4.78 is 2.14. The van der Waals surface area contributed by atoms with Gasteiger partial charge in [-0.1, -0.05) is 12.1 Å². The minimum absolute atomic E-state index is 0.223. The fourth-order valence-electron chi connectivity index (χ4n) is 1.89. The van der Waals surface area contributed by atoms with Crippen molar-refractivity contribution >= 4 is 10.9 Å². The highest BCUT2D eigenvalue weighted by Crippen LogP contribution is 2.20. The lowest BCUT2D eigenvalue weighted by Gasteiger charge is -2.06. The molecule has 1 aromatic heterocycles. The van der Waals surface area contributed by atoms with Crippen LogP contribution in [0.4, 0.5) is 0 Å². The molecule has 2 N–H and O–H groups in total. The molecule has 0 saturated carbocycles. The average Bonchev–Trinajstić information content (AvgIpc) is 2.49. The lowest BCUT2D eigenvalue weighted by Crippen LogP contribution is -2.17. The Morgan fingerprint density at radius 3 is 2.86 bits per heavy atom. The highest BCUT2D eigenvalue weighted by atomic mass is 14.9. The van der Waals surface area contributed by atoms with Gasteiger partial charge < -0.3 is 10.3 Å². The van der Waals surface area contributed by atoms with Crippen molar-refractivity contribution in [1.29, 1.82) is 0 Å². The molecule has 0 aliphatic carbocycles. The Balaban J connectivity index is 2.54. The molecule has 0 amide bonds. The normalized spacial score (nSPS) is 13.4. The third-order valence-electron chi connectivity index (χ3n) is 2.56. The van der Waals surface area contributed by atoms with E-state index in [0.717, 1.165) is 6.42 Å². The number of nitrogens with zero attached hydrogens (tertiary/aromatic N) is 1. The topological polar surface area (TPSA) is 30.9 Å². The molecule has 2 rings (SSSR count). The molecule has 14 heavy (non-hydrogen) atoms. The lowest BCUT2D eigenvalue weighted by atomic mass is 10.0. The van der Waals surface area contributed by atoms with Crippen molar-refractivity contribution in [3.8, 4) is 0 Å². The minimum atomic E-state index is 0.223. The summed E-state index contributed by atoms with van der Waals surface area (Å²) in [6.45, 7) is 2.04. The van der Waals surface area contributed by atoms with Gasteiger partial charge in [0.25, 0.3) is 0 Å². The van der Waals surface area contributed by atoms with Gasteiger partial charge in [0.05, 0.1) is 0 Å². The molecule has 2 nitrogen and oxygen atoms in total. The van der Waals surface area contributed by atoms with Gasteiger partial charge in [0.1, 0.15) is 0 Å². The molecule has 0 radical (unpaired) electrons. The standard InChI is InChI=1S/C12H16N2/c1-9(13)8-10-4-3-5-12-11(10)6-7-14(12)2/h3-7,9H,8,13H2,1-2H3/t9-/m0/s1. The van der Waals surface area contributed by atoms with Gasteiger partial charge in [-0.25, -0.2) is 0 Å². The number of hydrogen-bond donors (Lipinski definition) is 1. The average molecular weight is 188 g/mol. The van der Waals surface area contributed by atoms with E-state index in [-0.39, 0.29) is 6.04 Å². The second-order valence-corrected chi connectivity index (χ2v) is 3.96. The van der Waals surface area contributed by atoms with E-state index in [1.807, 2.05) is 6.92 Å². The molecule has 1 aromatic carbocycles. The number of nitrogens with two attached hydrogens (primary N) is 1.